The Balaban J connectivity index is 2.26. The SMILES string of the molecule is CCOc1ccc2c(n1)SC=C(N)N2. The fraction of sp³-hybridized carbons (Fsp3) is 0.222. The van der Waals surface area contributed by atoms with Crippen molar-refractivity contribution >= 4 is 17.4 Å². The molecule has 0 unspecified atom stereocenters. The predicted octanol–water partition coefficient (Wildman–Crippen LogP) is 1.76. The molecule has 1 aromatic rings. The summed E-state index contributed by atoms with van der Waals surface area (Å²) in [4.78, 5) is 4.32. The van der Waals surface area contributed by atoms with E-state index in [1.807, 2.05) is 24.5 Å². The van der Waals surface area contributed by atoms with E-state index in [2.05, 4.69) is 10.3 Å². The minimum absolute atomic E-state index is 0.627. The first-order valence-electron chi connectivity index (χ1n) is 4.32. The number of rotatable bonds is 2. The third-order valence-corrected chi connectivity index (χ3v) is 2.61. The van der Waals surface area contributed by atoms with Crippen LogP contribution in [-0.2, 0) is 0 Å². The number of aromatic nitrogens is 1. The van der Waals surface area contributed by atoms with Crippen LogP contribution in [0.5, 0.6) is 5.88 Å². The molecule has 0 saturated carbocycles. The maximum atomic E-state index is 5.62. The molecule has 0 atom stereocenters. The van der Waals surface area contributed by atoms with E-state index in [0.29, 0.717) is 18.3 Å². The van der Waals surface area contributed by atoms with Crippen molar-refractivity contribution < 1.29 is 4.74 Å². The summed E-state index contributed by atoms with van der Waals surface area (Å²) in [6, 6.07) is 3.74. The summed E-state index contributed by atoms with van der Waals surface area (Å²) in [5, 5.41) is 5.75. The lowest BCUT2D eigenvalue weighted by Crippen LogP contribution is -2.12. The van der Waals surface area contributed by atoms with Gasteiger partial charge >= 0.3 is 0 Å². The first kappa shape index (κ1) is 9.21. The largest absolute Gasteiger partial charge is 0.478 e. The van der Waals surface area contributed by atoms with E-state index in [0.717, 1.165) is 10.7 Å². The number of thioether (sulfide) groups is 1. The van der Waals surface area contributed by atoms with Gasteiger partial charge in [-0.2, -0.15) is 0 Å². The van der Waals surface area contributed by atoms with E-state index < -0.39 is 0 Å². The van der Waals surface area contributed by atoms with Crippen molar-refractivity contribution in [3.8, 4) is 5.88 Å². The summed E-state index contributed by atoms with van der Waals surface area (Å²) in [6.07, 6.45) is 0. The smallest absolute Gasteiger partial charge is 0.214 e. The lowest BCUT2D eigenvalue weighted by atomic mass is 10.4. The van der Waals surface area contributed by atoms with Crippen molar-refractivity contribution in [2.45, 2.75) is 11.9 Å². The quantitative estimate of drug-likeness (QED) is 0.777. The molecule has 1 aromatic heterocycles. The van der Waals surface area contributed by atoms with Gasteiger partial charge in [-0.1, -0.05) is 11.8 Å². The van der Waals surface area contributed by atoms with Crippen LogP contribution < -0.4 is 15.8 Å². The molecule has 2 rings (SSSR count). The number of ether oxygens (including phenoxy) is 1. The fourth-order valence-electron chi connectivity index (χ4n) is 1.14. The Bertz CT molecular complexity index is 378. The van der Waals surface area contributed by atoms with Gasteiger partial charge in [0.15, 0.2) is 0 Å². The molecule has 0 aromatic carbocycles. The van der Waals surface area contributed by atoms with E-state index in [1.165, 1.54) is 11.8 Å². The van der Waals surface area contributed by atoms with Gasteiger partial charge in [-0.05, 0) is 13.0 Å². The molecule has 0 amide bonds. The number of nitrogens with two attached hydrogens (primary N) is 1. The number of anilines is 1. The van der Waals surface area contributed by atoms with Gasteiger partial charge in [0.2, 0.25) is 5.88 Å². The second kappa shape index (κ2) is 3.79. The predicted molar refractivity (Wildman–Crippen MR) is 57.2 cm³/mol. The molecule has 0 spiro atoms. The molecule has 1 aliphatic rings. The Morgan fingerprint density at radius 2 is 2.43 bits per heavy atom. The topological polar surface area (TPSA) is 60.2 Å². The van der Waals surface area contributed by atoms with E-state index in [9.17, 15) is 0 Å². The summed E-state index contributed by atoms with van der Waals surface area (Å²) in [6.45, 7) is 2.56. The molecular formula is C9H11N3OS. The number of hydrogen-bond donors (Lipinski definition) is 2. The number of nitrogens with one attached hydrogen (secondary N) is 1. The first-order chi connectivity index (χ1) is 6.79. The second-order valence-corrected chi connectivity index (χ2v) is 3.61. The average Bonchev–Trinajstić information content (AvgIpc) is 2.19. The fourth-order valence-corrected chi connectivity index (χ4v) is 1.83. The summed E-state index contributed by atoms with van der Waals surface area (Å²) < 4.78 is 5.29. The van der Waals surface area contributed by atoms with Crippen LogP contribution in [0.15, 0.2) is 28.4 Å². The van der Waals surface area contributed by atoms with Crippen LogP contribution in [0, 0.1) is 0 Å². The highest BCUT2D eigenvalue weighted by Crippen LogP contribution is 2.32. The lowest BCUT2D eigenvalue weighted by Gasteiger charge is -2.15. The van der Waals surface area contributed by atoms with Crippen molar-refractivity contribution in [3.05, 3.63) is 23.4 Å². The van der Waals surface area contributed by atoms with Crippen molar-refractivity contribution in [1.82, 2.24) is 4.98 Å². The van der Waals surface area contributed by atoms with Crippen molar-refractivity contribution in [2.75, 3.05) is 11.9 Å². The zero-order valence-corrected chi connectivity index (χ0v) is 8.60. The third kappa shape index (κ3) is 1.77. The Morgan fingerprint density at radius 1 is 1.57 bits per heavy atom. The van der Waals surface area contributed by atoms with Crippen LogP contribution in [0.25, 0.3) is 0 Å². The van der Waals surface area contributed by atoms with Gasteiger partial charge in [-0.3, -0.25) is 0 Å². The van der Waals surface area contributed by atoms with E-state index in [-0.39, 0.29) is 0 Å². The van der Waals surface area contributed by atoms with Crippen molar-refractivity contribution in [3.63, 3.8) is 0 Å². The molecule has 0 bridgehead atoms. The molecule has 4 nitrogen and oxygen atoms in total. The van der Waals surface area contributed by atoms with Gasteiger partial charge < -0.3 is 15.8 Å². The van der Waals surface area contributed by atoms with Crippen LogP contribution in [0.4, 0.5) is 5.69 Å². The zero-order valence-electron chi connectivity index (χ0n) is 7.78. The van der Waals surface area contributed by atoms with Gasteiger partial charge in [0.05, 0.1) is 12.3 Å². The summed E-state index contributed by atoms with van der Waals surface area (Å²) in [5.41, 5.74) is 6.55. The average molecular weight is 209 g/mol. The number of nitrogens with zero attached hydrogens (tertiary/aromatic N) is 1. The van der Waals surface area contributed by atoms with Gasteiger partial charge in [-0.25, -0.2) is 4.98 Å². The molecule has 0 radical (unpaired) electrons. The molecule has 0 aliphatic carbocycles. The second-order valence-electron chi connectivity index (χ2n) is 2.75. The van der Waals surface area contributed by atoms with Gasteiger partial charge in [0.25, 0.3) is 0 Å². The molecular weight excluding hydrogens is 198 g/mol. The lowest BCUT2D eigenvalue weighted by molar-refractivity contribution is 0.324. The first-order valence-corrected chi connectivity index (χ1v) is 5.20. The number of pyridine rings is 1. The van der Waals surface area contributed by atoms with Crippen LogP contribution >= 0.6 is 11.8 Å². The highest BCUT2D eigenvalue weighted by atomic mass is 32.2. The van der Waals surface area contributed by atoms with Crippen LogP contribution in [-0.4, -0.2) is 11.6 Å². The van der Waals surface area contributed by atoms with Crippen molar-refractivity contribution in [2.24, 2.45) is 5.73 Å². The molecule has 2 heterocycles. The highest BCUT2D eigenvalue weighted by Gasteiger charge is 2.11. The molecule has 0 fully saturated rings. The van der Waals surface area contributed by atoms with E-state index in [1.54, 1.807) is 0 Å². The van der Waals surface area contributed by atoms with E-state index >= 15 is 0 Å². The third-order valence-electron chi connectivity index (χ3n) is 1.70. The van der Waals surface area contributed by atoms with Crippen LogP contribution in [0.2, 0.25) is 0 Å². The number of hydrogen-bond acceptors (Lipinski definition) is 5. The Morgan fingerprint density at radius 3 is 3.21 bits per heavy atom. The molecule has 14 heavy (non-hydrogen) atoms. The Hall–Kier alpha value is -1.36. The van der Waals surface area contributed by atoms with Gasteiger partial charge in [-0.15, -0.1) is 0 Å². The standard InChI is InChI=1S/C9H11N3OS/c1-2-13-8-4-3-6-9(12-8)14-5-7(10)11-6/h3-5,11H,2,10H2,1H3. The Kier molecular flexibility index (Phi) is 2.49. The monoisotopic (exact) mass is 209 g/mol. The van der Waals surface area contributed by atoms with Crippen LogP contribution in [0.1, 0.15) is 6.92 Å². The van der Waals surface area contributed by atoms with E-state index in [4.69, 9.17) is 10.5 Å². The highest BCUT2D eigenvalue weighted by molar-refractivity contribution is 8.02. The minimum atomic E-state index is 0.627. The maximum Gasteiger partial charge on any atom is 0.214 e. The minimum Gasteiger partial charge on any atom is -0.478 e. The molecule has 74 valence electrons. The zero-order chi connectivity index (χ0) is 9.97. The molecule has 1 aliphatic heterocycles. The Labute approximate surface area is 86.5 Å². The summed E-state index contributed by atoms with van der Waals surface area (Å²) in [5.74, 6) is 1.29. The van der Waals surface area contributed by atoms with Crippen LogP contribution in [0.3, 0.4) is 0 Å². The number of fused-ring (bicyclic) bond motifs is 1. The maximum absolute atomic E-state index is 5.62. The molecule has 0 saturated heterocycles. The van der Waals surface area contributed by atoms with Gasteiger partial charge in [0.1, 0.15) is 10.8 Å². The summed E-state index contributed by atoms with van der Waals surface area (Å²) in [7, 11) is 0. The van der Waals surface area contributed by atoms with Crippen molar-refractivity contribution in [1.29, 1.82) is 0 Å². The van der Waals surface area contributed by atoms with Gasteiger partial charge in [0, 0.05) is 11.5 Å². The molecule has 3 N–H and O–H groups in total. The summed E-state index contributed by atoms with van der Waals surface area (Å²) >= 11 is 1.50. The normalized spacial score (nSPS) is 13.9. The molecule has 5 heteroatoms.